The monoisotopic (exact) mass is 276 g/mol. The van der Waals surface area contributed by atoms with Crippen molar-refractivity contribution in [2.75, 3.05) is 0 Å². The average Bonchev–Trinajstić information content (AvgIpc) is 2.88. The third kappa shape index (κ3) is 2.38. The molecule has 0 fully saturated rings. The molecule has 0 N–H and O–H groups in total. The lowest BCUT2D eigenvalue weighted by Crippen LogP contribution is -1.97. The summed E-state index contributed by atoms with van der Waals surface area (Å²) in [5.74, 6) is -0.215. The van der Waals surface area contributed by atoms with Crippen LogP contribution >= 0.6 is 11.6 Å². The lowest BCUT2D eigenvalue weighted by atomic mass is 9.99. The van der Waals surface area contributed by atoms with E-state index in [4.69, 9.17) is 16.3 Å². The van der Waals surface area contributed by atoms with Crippen LogP contribution in [0.15, 0.2) is 36.4 Å². The fourth-order valence-electron chi connectivity index (χ4n) is 2.31. The highest BCUT2D eigenvalue weighted by molar-refractivity contribution is 6.22. The van der Waals surface area contributed by atoms with E-state index >= 15 is 0 Å². The van der Waals surface area contributed by atoms with Crippen LogP contribution in [0.5, 0.6) is 0 Å². The van der Waals surface area contributed by atoms with Crippen LogP contribution in [-0.2, 0) is 18.0 Å². The molecule has 1 nitrogen and oxygen atoms in total. The standard InChI is InChI=1S/C16H14ClFO/c1-10-2-3-12(7-15(10)18)16(17)11-4-5-13-8-19-9-14(13)6-11/h2-7,16H,8-9H2,1H3. The fraction of sp³-hybridized carbons (Fsp3) is 0.250. The number of fused-ring (bicyclic) bond motifs is 1. The van der Waals surface area contributed by atoms with Crippen molar-refractivity contribution in [2.45, 2.75) is 25.5 Å². The zero-order chi connectivity index (χ0) is 13.4. The second-order valence-corrected chi connectivity index (χ2v) is 5.33. The zero-order valence-corrected chi connectivity index (χ0v) is 11.4. The summed E-state index contributed by atoms with van der Waals surface area (Å²) in [6.45, 7) is 3.05. The quantitative estimate of drug-likeness (QED) is 0.734. The maximum atomic E-state index is 13.6. The number of hydrogen-bond donors (Lipinski definition) is 0. The van der Waals surface area contributed by atoms with Gasteiger partial charge in [-0.2, -0.15) is 0 Å². The molecule has 1 atom stereocenters. The van der Waals surface area contributed by atoms with E-state index in [0.29, 0.717) is 18.8 Å². The Hall–Kier alpha value is -1.38. The maximum absolute atomic E-state index is 13.6. The number of halogens is 2. The summed E-state index contributed by atoms with van der Waals surface area (Å²) in [6, 6.07) is 11.2. The highest BCUT2D eigenvalue weighted by atomic mass is 35.5. The van der Waals surface area contributed by atoms with Gasteiger partial charge in [-0.25, -0.2) is 4.39 Å². The molecule has 1 aliphatic rings. The lowest BCUT2D eigenvalue weighted by Gasteiger charge is -2.12. The molecule has 0 saturated heterocycles. The van der Waals surface area contributed by atoms with E-state index in [1.54, 1.807) is 13.0 Å². The minimum Gasteiger partial charge on any atom is -0.372 e. The largest absolute Gasteiger partial charge is 0.372 e. The molecule has 2 aromatic carbocycles. The first-order valence-electron chi connectivity index (χ1n) is 6.25. The molecule has 2 aromatic rings. The predicted octanol–water partition coefficient (Wildman–Crippen LogP) is 4.49. The Morgan fingerprint density at radius 1 is 1.05 bits per heavy atom. The summed E-state index contributed by atoms with van der Waals surface area (Å²) in [7, 11) is 0. The first-order chi connectivity index (χ1) is 9.15. The second kappa shape index (κ2) is 4.95. The van der Waals surface area contributed by atoms with Crippen LogP contribution in [0.2, 0.25) is 0 Å². The van der Waals surface area contributed by atoms with Gasteiger partial charge in [-0.3, -0.25) is 0 Å². The van der Waals surface area contributed by atoms with Crippen molar-refractivity contribution >= 4 is 11.6 Å². The van der Waals surface area contributed by atoms with Crippen LogP contribution in [0.1, 0.15) is 33.2 Å². The molecule has 0 saturated carbocycles. The molecule has 3 rings (SSSR count). The summed E-state index contributed by atoms with van der Waals surface area (Å²) < 4.78 is 19.0. The number of aryl methyl sites for hydroxylation is 1. The Labute approximate surface area is 117 Å². The van der Waals surface area contributed by atoms with Crippen LogP contribution in [0.4, 0.5) is 4.39 Å². The zero-order valence-electron chi connectivity index (χ0n) is 10.6. The lowest BCUT2D eigenvalue weighted by molar-refractivity contribution is 0.134. The number of benzene rings is 2. The van der Waals surface area contributed by atoms with Gasteiger partial charge >= 0.3 is 0 Å². The molecule has 19 heavy (non-hydrogen) atoms. The van der Waals surface area contributed by atoms with Gasteiger partial charge in [0.1, 0.15) is 5.82 Å². The Morgan fingerprint density at radius 3 is 2.53 bits per heavy atom. The van der Waals surface area contributed by atoms with E-state index in [9.17, 15) is 4.39 Å². The highest BCUT2D eigenvalue weighted by Gasteiger charge is 2.16. The molecule has 1 aliphatic heterocycles. The fourth-order valence-corrected chi connectivity index (χ4v) is 2.58. The minimum atomic E-state index is -0.332. The Bertz CT molecular complexity index is 624. The van der Waals surface area contributed by atoms with Crippen molar-refractivity contribution < 1.29 is 9.13 Å². The second-order valence-electron chi connectivity index (χ2n) is 4.89. The molecule has 1 unspecified atom stereocenters. The normalized spacial score (nSPS) is 15.3. The van der Waals surface area contributed by atoms with Gasteiger partial charge in [-0.05, 0) is 40.8 Å². The van der Waals surface area contributed by atoms with Crippen molar-refractivity contribution in [2.24, 2.45) is 0 Å². The first-order valence-corrected chi connectivity index (χ1v) is 6.68. The molecule has 0 aliphatic carbocycles. The van der Waals surface area contributed by atoms with E-state index in [0.717, 1.165) is 11.1 Å². The Balaban J connectivity index is 1.94. The van der Waals surface area contributed by atoms with Gasteiger partial charge in [0.05, 0.1) is 18.6 Å². The third-order valence-corrected chi connectivity index (χ3v) is 4.03. The average molecular weight is 277 g/mol. The summed E-state index contributed by atoms with van der Waals surface area (Å²) >= 11 is 6.45. The SMILES string of the molecule is Cc1ccc(C(Cl)c2ccc3c(c2)COC3)cc1F. The van der Waals surface area contributed by atoms with Gasteiger partial charge in [0.2, 0.25) is 0 Å². The number of alkyl halides is 1. The van der Waals surface area contributed by atoms with Gasteiger partial charge in [-0.15, -0.1) is 11.6 Å². The summed E-state index contributed by atoms with van der Waals surface area (Å²) in [6.07, 6.45) is 0. The third-order valence-electron chi connectivity index (χ3n) is 3.53. The summed E-state index contributed by atoms with van der Waals surface area (Å²) in [4.78, 5) is 0. The van der Waals surface area contributed by atoms with E-state index < -0.39 is 0 Å². The molecule has 1 heterocycles. The van der Waals surface area contributed by atoms with E-state index in [1.165, 1.54) is 17.2 Å². The molecule has 98 valence electrons. The van der Waals surface area contributed by atoms with Gasteiger partial charge in [-0.1, -0.05) is 30.3 Å². The number of rotatable bonds is 2. The predicted molar refractivity (Wildman–Crippen MR) is 73.8 cm³/mol. The van der Waals surface area contributed by atoms with E-state index in [2.05, 4.69) is 6.07 Å². The van der Waals surface area contributed by atoms with Gasteiger partial charge in [0.25, 0.3) is 0 Å². The van der Waals surface area contributed by atoms with E-state index in [1.807, 2.05) is 18.2 Å². The summed E-state index contributed by atoms with van der Waals surface area (Å²) in [5, 5.41) is -0.332. The molecule has 3 heteroatoms. The molecule has 0 bridgehead atoms. The topological polar surface area (TPSA) is 9.23 Å². The Kier molecular flexibility index (Phi) is 3.29. The van der Waals surface area contributed by atoms with Crippen molar-refractivity contribution in [1.82, 2.24) is 0 Å². The number of hydrogen-bond acceptors (Lipinski definition) is 1. The first kappa shape index (κ1) is 12.6. The summed E-state index contributed by atoms with van der Waals surface area (Å²) in [5.41, 5.74) is 4.78. The van der Waals surface area contributed by atoms with Crippen molar-refractivity contribution in [1.29, 1.82) is 0 Å². The van der Waals surface area contributed by atoms with Crippen molar-refractivity contribution in [3.8, 4) is 0 Å². The van der Waals surface area contributed by atoms with Crippen molar-refractivity contribution in [3.05, 3.63) is 70.0 Å². The molecule has 0 radical (unpaired) electrons. The maximum Gasteiger partial charge on any atom is 0.126 e. The highest BCUT2D eigenvalue weighted by Crippen LogP contribution is 2.32. The van der Waals surface area contributed by atoms with Crippen LogP contribution in [0, 0.1) is 12.7 Å². The molecular weight excluding hydrogens is 263 g/mol. The molecule has 0 amide bonds. The minimum absolute atomic E-state index is 0.215. The van der Waals surface area contributed by atoms with Gasteiger partial charge in [0, 0.05) is 0 Å². The van der Waals surface area contributed by atoms with Crippen LogP contribution in [0.3, 0.4) is 0 Å². The smallest absolute Gasteiger partial charge is 0.126 e. The van der Waals surface area contributed by atoms with Crippen molar-refractivity contribution in [3.63, 3.8) is 0 Å². The van der Waals surface area contributed by atoms with Crippen LogP contribution in [-0.4, -0.2) is 0 Å². The van der Waals surface area contributed by atoms with E-state index in [-0.39, 0.29) is 11.2 Å². The molecule has 0 aromatic heterocycles. The van der Waals surface area contributed by atoms with Crippen LogP contribution in [0.25, 0.3) is 0 Å². The van der Waals surface area contributed by atoms with Gasteiger partial charge < -0.3 is 4.74 Å². The Morgan fingerprint density at radius 2 is 1.74 bits per heavy atom. The van der Waals surface area contributed by atoms with Crippen LogP contribution < -0.4 is 0 Å². The molecule has 0 spiro atoms. The number of ether oxygens (including phenoxy) is 1. The van der Waals surface area contributed by atoms with Gasteiger partial charge in [0.15, 0.2) is 0 Å². The molecular formula is C16H14ClFO.